The highest BCUT2D eigenvalue weighted by Gasteiger charge is 2.35. The third-order valence-corrected chi connectivity index (χ3v) is 5.77. The maximum Gasteiger partial charge on any atom is 0.0405 e. The number of hydrogen-bond donors (Lipinski definition) is 1. The number of hydrogen-bond acceptors (Lipinski definition) is 2. The van der Waals surface area contributed by atoms with Crippen molar-refractivity contribution in [2.45, 2.75) is 71.4 Å². The first-order valence-electron chi connectivity index (χ1n) is 8.85. The van der Waals surface area contributed by atoms with E-state index in [1.54, 1.807) is 5.56 Å². The first-order valence-corrected chi connectivity index (χ1v) is 8.85. The minimum atomic E-state index is 0.261. The van der Waals surface area contributed by atoms with Gasteiger partial charge in [0.15, 0.2) is 0 Å². The maximum atomic E-state index is 3.84. The van der Waals surface area contributed by atoms with Crippen LogP contribution >= 0.6 is 0 Å². The van der Waals surface area contributed by atoms with Gasteiger partial charge in [-0.15, -0.1) is 0 Å². The Morgan fingerprint density at radius 1 is 1.14 bits per heavy atom. The van der Waals surface area contributed by atoms with Crippen molar-refractivity contribution in [2.24, 2.45) is 5.41 Å². The summed E-state index contributed by atoms with van der Waals surface area (Å²) < 4.78 is 0. The molecule has 1 aliphatic heterocycles. The van der Waals surface area contributed by atoms with Crippen molar-refractivity contribution < 1.29 is 0 Å². The molecule has 122 valence electrons. The molecule has 1 fully saturated rings. The quantitative estimate of drug-likeness (QED) is 0.886. The van der Waals surface area contributed by atoms with Crippen LogP contribution in [0.15, 0.2) is 18.2 Å². The smallest absolute Gasteiger partial charge is 0.0405 e. The summed E-state index contributed by atoms with van der Waals surface area (Å²) in [7, 11) is 2.22. The average molecular weight is 300 g/mol. The molecule has 1 heterocycles. The number of nitrogens with zero attached hydrogens (tertiary/aromatic N) is 1. The zero-order chi connectivity index (χ0) is 16.0. The van der Waals surface area contributed by atoms with E-state index < -0.39 is 0 Å². The zero-order valence-corrected chi connectivity index (χ0v) is 15.0. The summed E-state index contributed by atoms with van der Waals surface area (Å²) in [6.45, 7) is 11.7. The Hall–Kier alpha value is -1.02. The molecule has 3 rings (SSSR count). The van der Waals surface area contributed by atoms with Gasteiger partial charge in [-0.3, -0.25) is 0 Å². The molecular weight excluding hydrogens is 268 g/mol. The highest BCUT2D eigenvalue weighted by molar-refractivity contribution is 5.64. The molecule has 0 radical (unpaired) electrons. The fourth-order valence-electron chi connectivity index (χ4n) is 4.45. The van der Waals surface area contributed by atoms with Crippen molar-refractivity contribution in [3.63, 3.8) is 0 Å². The lowest BCUT2D eigenvalue weighted by Crippen LogP contribution is -2.35. The van der Waals surface area contributed by atoms with E-state index in [1.807, 2.05) is 0 Å². The molecular formula is C20H32N2. The van der Waals surface area contributed by atoms with E-state index in [0.29, 0.717) is 11.5 Å². The highest BCUT2D eigenvalue weighted by Crippen LogP contribution is 2.42. The molecule has 0 spiro atoms. The van der Waals surface area contributed by atoms with E-state index in [9.17, 15) is 0 Å². The number of anilines is 1. The van der Waals surface area contributed by atoms with Crippen LogP contribution in [0.3, 0.4) is 0 Å². The van der Waals surface area contributed by atoms with Crippen LogP contribution in [-0.4, -0.2) is 19.6 Å². The third-order valence-electron chi connectivity index (χ3n) is 5.77. The SMILES string of the molecule is CN1CC(C)(C)c2c(CNC3CCC(C)(C)CC3)cccc21. The van der Waals surface area contributed by atoms with Crippen LogP contribution < -0.4 is 10.2 Å². The van der Waals surface area contributed by atoms with Gasteiger partial charge in [-0.2, -0.15) is 0 Å². The minimum absolute atomic E-state index is 0.261. The van der Waals surface area contributed by atoms with Gasteiger partial charge in [0, 0.05) is 37.3 Å². The van der Waals surface area contributed by atoms with E-state index in [4.69, 9.17) is 0 Å². The third kappa shape index (κ3) is 3.03. The first kappa shape index (κ1) is 15.9. The van der Waals surface area contributed by atoms with Crippen LogP contribution in [0.2, 0.25) is 0 Å². The summed E-state index contributed by atoms with van der Waals surface area (Å²) in [5.74, 6) is 0. The van der Waals surface area contributed by atoms with E-state index in [1.165, 1.54) is 36.9 Å². The van der Waals surface area contributed by atoms with Crippen molar-refractivity contribution in [1.82, 2.24) is 5.32 Å². The van der Waals surface area contributed by atoms with Gasteiger partial charge in [0.05, 0.1) is 0 Å². The molecule has 1 aliphatic carbocycles. The normalized spacial score (nSPS) is 23.6. The summed E-state index contributed by atoms with van der Waals surface area (Å²) in [5.41, 5.74) is 5.29. The minimum Gasteiger partial charge on any atom is -0.373 e. The highest BCUT2D eigenvalue weighted by atomic mass is 15.1. The Morgan fingerprint density at radius 3 is 2.50 bits per heavy atom. The molecule has 1 saturated carbocycles. The Balaban J connectivity index is 1.70. The van der Waals surface area contributed by atoms with Crippen molar-refractivity contribution in [1.29, 1.82) is 0 Å². The fraction of sp³-hybridized carbons (Fsp3) is 0.700. The van der Waals surface area contributed by atoms with Crippen LogP contribution in [0.5, 0.6) is 0 Å². The lowest BCUT2D eigenvalue weighted by Gasteiger charge is -2.35. The van der Waals surface area contributed by atoms with Crippen LogP contribution in [-0.2, 0) is 12.0 Å². The molecule has 1 N–H and O–H groups in total. The second-order valence-corrected chi connectivity index (χ2v) is 8.87. The van der Waals surface area contributed by atoms with Crippen LogP contribution in [0.4, 0.5) is 5.69 Å². The second kappa shape index (κ2) is 5.56. The van der Waals surface area contributed by atoms with Crippen molar-refractivity contribution in [3.8, 4) is 0 Å². The molecule has 2 nitrogen and oxygen atoms in total. The lowest BCUT2D eigenvalue weighted by atomic mass is 9.75. The van der Waals surface area contributed by atoms with Crippen LogP contribution in [0, 0.1) is 5.41 Å². The monoisotopic (exact) mass is 300 g/mol. The van der Waals surface area contributed by atoms with E-state index >= 15 is 0 Å². The molecule has 22 heavy (non-hydrogen) atoms. The van der Waals surface area contributed by atoms with E-state index in [2.05, 4.69) is 63.2 Å². The zero-order valence-electron chi connectivity index (χ0n) is 15.0. The number of nitrogens with one attached hydrogen (secondary N) is 1. The summed E-state index contributed by atoms with van der Waals surface area (Å²) in [6.07, 6.45) is 5.36. The molecule has 1 aromatic carbocycles. The molecule has 1 aromatic rings. The molecule has 0 aromatic heterocycles. The van der Waals surface area contributed by atoms with Gasteiger partial charge in [-0.05, 0) is 48.3 Å². The Bertz CT molecular complexity index is 535. The summed E-state index contributed by atoms with van der Waals surface area (Å²) in [5, 5.41) is 3.84. The standard InChI is InChI=1S/C20H32N2/c1-19(2)11-9-16(10-12-19)21-13-15-7-6-8-17-18(15)20(3,4)14-22(17)5/h6-8,16,21H,9-14H2,1-5H3. The fourth-order valence-corrected chi connectivity index (χ4v) is 4.45. The number of benzene rings is 1. The van der Waals surface area contributed by atoms with E-state index in [0.717, 1.165) is 13.1 Å². The summed E-state index contributed by atoms with van der Waals surface area (Å²) in [6, 6.07) is 7.51. The number of fused-ring (bicyclic) bond motifs is 1. The van der Waals surface area contributed by atoms with Crippen molar-refractivity contribution in [3.05, 3.63) is 29.3 Å². The Morgan fingerprint density at radius 2 is 1.82 bits per heavy atom. The molecule has 0 bridgehead atoms. The molecule has 0 saturated heterocycles. The Kier molecular flexibility index (Phi) is 4.01. The van der Waals surface area contributed by atoms with Gasteiger partial charge >= 0.3 is 0 Å². The van der Waals surface area contributed by atoms with Crippen molar-refractivity contribution in [2.75, 3.05) is 18.5 Å². The summed E-state index contributed by atoms with van der Waals surface area (Å²) in [4.78, 5) is 2.40. The molecule has 0 unspecified atom stereocenters. The second-order valence-electron chi connectivity index (χ2n) is 8.87. The van der Waals surface area contributed by atoms with Gasteiger partial charge in [0.25, 0.3) is 0 Å². The molecule has 0 atom stereocenters. The number of likely N-dealkylation sites (N-methyl/N-ethyl adjacent to an activating group) is 1. The predicted molar refractivity (Wildman–Crippen MR) is 95.6 cm³/mol. The van der Waals surface area contributed by atoms with Crippen LogP contribution in [0.1, 0.15) is 64.5 Å². The average Bonchev–Trinajstić information content (AvgIpc) is 2.68. The van der Waals surface area contributed by atoms with Gasteiger partial charge in [-0.1, -0.05) is 39.8 Å². The number of rotatable bonds is 3. The largest absolute Gasteiger partial charge is 0.373 e. The Labute approximate surface area is 136 Å². The lowest BCUT2D eigenvalue weighted by molar-refractivity contribution is 0.206. The van der Waals surface area contributed by atoms with Gasteiger partial charge in [0.1, 0.15) is 0 Å². The summed E-state index contributed by atoms with van der Waals surface area (Å²) >= 11 is 0. The topological polar surface area (TPSA) is 15.3 Å². The first-order chi connectivity index (χ1) is 10.3. The molecule has 0 amide bonds. The van der Waals surface area contributed by atoms with Gasteiger partial charge in [0.2, 0.25) is 0 Å². The van der Waals surface area contributed by atoms with Crippen molar-refractivity contribution >= 4 is 5.69 Å². The van der Waals surface area contributed by atoms with E-state index in [-0.39, 0.29) is 5.41 Å². The van der Waals surface area contributed by atoms with Gasteiger partial charge < -0.3 is 10.2 Å². The maximum absolute atomic E-state index is 3.84. The molecule has 2 heteroatoms. The van der Waals surface area contributed by atoms with Crippen LogP contribution in [0.25, 0.3) is 0 Å². The molecule has 2 aliphatic rings. The predicted octanol–water partition coefficient (Wildman–Crippen LogP) is 4.47. The van der Waals surface area contributed by atoms with Gasteiger partial charge in [-0.25, -0.2) is 0 Å².